The molecule has 6 rings (SSSR count). The zero-order chi connectivity index (χ0) is 53.1. The molecule has 0 spiro atoms. The van der Waals surface area contributed by atoms with Crippen molar-refractivity contribution in [2.24, 2.45) is 11.8 Å². The van der Waals surface area contributed by atoms with Crippen LogP contribution in [0.4, 0.5) is 0 Å². The molecule has 18 atom stereocenters. The molecule has 6 aliphatic rings. The lowest BCUT2D eigenvalue weighted by molar-refractivity contribution is -0.226. The summed E-state index contributed by atoms with van der Waals surface area (Å²) < 4.78 is 75.0. The van der Waals surface area contributed by atoms with E-state index in [4.69, 9.17) is 51.2 Å². The number of hydrogen-bond donors (Lipinski definition) is 0. The highest BCUT2D eigenvalue weighted by molar-refractivity contribution is 6.74. The van der Waals surface area contributed by atoms with Crippen molar-refractivity contribution in [3.8, 4) is 0 Å². The third-order valence-electron chi connectivity index (χ3n) is 19.5. The highest BCUT2D eigenvalue weighted by Gasteiger charge is 2.60. The monoisotopic (exact) mass is 1080 g/mol. The van der Waals surface area contributed by atoms with E-state index < -0.39 is 25.0 Å². The molecule has 0 aromatic heterocycles. The van der Waals surface area contributed by atoms with Crippen LogP contribution in [0.2, 0.25) is 54.4 Å². The van der Waals surface area contributed by atoms with Gasteiger partial charge < -0.3 is 56.0 Å². The second kappa shape index (κ2) is 28.3. The van der Waals surface area contributed by atoms with Crippen LogP contribution in [0.15, 0.2) is 37.0 Å². The molecular weight excluding hydrogens is 973 g/mol. The van der Waals surface area contributed by atoms with Gasteiger partial charge in [0.1, 0.15) is 36.8 Å². The molecule has 15 heteroatoms. The zero-order valence-corrected chi connectivity index (χ0v) is 50.9. The largest absolute Gasteiger partial charge is 0.414 e. The smallest absolute Gasteiger partial charge is 0.192 e. The Morgan fingerprint density at radius 1 is 0.616 bits per heavy atom. The van der Waals surface area contributed by atoms with Crippen LogP contribution in [-0.4, -0.2) is 150 Å². The number of carbonyl (C=O) groups excluding carboxylic acids is 1. The molecule has 0 radical (unpaired) electrons. The van der Waals surface area contributed by atoms with Crippen LogP contribution in [0.25, 0.3) is 0 Å². The first kappa shape index (κ1) is 61.3. The summed E-state index contributed by atoms with van der Waals surface area (Å²) in [5.41, 5.74) is 2.27. The molecule has 6 heterocycles. The predicted molar refractivity (Wildman–Crippen MR) is 299 cm³/mol. The predicted octanol–water partition coefficient (Wildman–Crippen LogP) is 12.5. The van der Waals surface area contributed by atoms with Gasteiger partial charge in [-0.2, -0.15) is 0 Å². The summed E-state index contributed by atoms with van der Waals surface area (Å²) in [4.78, 5) is 12.3. The van der Waals surface area contributed by atoms with Gasteiger partial charge in [0.05, 0.1) is 73.8 Å². The van der Waals surface area contributed by atoms with Gasteiger partial charge in [0.15, 0.2) is 25.0 Å². The molecule has 0 aliphatic carbocycles. The molecule has 0 aromatic rings. The topological polar surface area (TPSA) is 119 Å². The molecule has 6 saturated heterocycles. The summed E-state index contributed by atoms with van der Waals surface area (Å²) >= 11 is 0. The first-order chi connectivity index (χ1) is 35.1. The van der Waals surface area contributed by atoms with Gasteiger partial charge in [0, 0.05) is 45.8 Å². The zero-order valence-electron chi connectivity index (χ0n) is 47.9. The molecule has 0 amide bonds. The van der Waals surface area contributed by atoms with Gasteiger partial charge in [-0.3, -0.25) is 0 Å². The SMILES string of the molecule is C=CCC1O[C@@H]2C(O[C@@H]3CC(CCC4CC(=C)C(CCC5CC(C)C(=C)C(CC6OC(CC(CO[Si](CC)(CC)CC)O[Si](CC)(CC)CC)[C@H](OC)C6CC=O)O5)O4)OC23)C(OC)C1O[Si](CC)(CC)CC. The Hall–Kier alpha value is -0.899. The van der Waals surface area contributed by atoms with E-state index in [-0.39, 0.29) is 104 Å². The Bertz CT molecular complexity index is 1700. The van der Waals surface area contributed by atoms with Crippen molar-refractivity contribution in [3.63, 3.8) is 0 Å². The Morgan fingerprint density at radius 3 is 1.82 bits per heavy atom. The summed E-state index contributed by atoms with van der Waals surface area (Å²) in [5, 5.41) is 0. The van der Waals surface area contributed by atoms with Crippen molar-refractivity contribution >= 4 is 31.2 Å². The second-order valence-electron chi connectivity index (χ2n) is 23.0. The summed E-state index contributed by atoms with van der Waals surface area (Å²) in [6, 6.07) is 9.69. The number of methoxy groups -OCH3 is 2. The van der Waals surface area contributed by atoms with Crippen LogP contribution in [0.5, 0.6) is 0 Å². The first-order valence-electron chi connectivity index (χ1n) is 29.5. The van der Waals surface area contributed by atoms with Crippen LogP contribution < -0.4 is 0 Å². The van der Waals surface area contributed by atoms with Crippen LogP contribution in [0.3, 0.4) is 0 Å². The lowest BCUT2D eigenvalue weighted by atomic mass is 9.82. The van der Waals surface area contributed by atoms with E-state index in [0.717, 1.165) is 111 Å². The molecule has 420 valence electrons. The number of ether oxygens (including phenoxy) is 8. The minimum Gasteiger partial charge on any atom is -0.414 e. The van der Waals surface area contributed by atoms with Gasteiger partial charge in [-0.15, -0.1) is 6.58 Å². The van der Waals surface area contributed by atoms with E-state index in [9.17, 15) is 4.79 Å². The van der Waals surface area contributed by atoms with E-state index in [2.05, 4.69) is 89.0 Å². The fourth-order valence-electron chi connectivity index (χ4n) is 13.9. The average Bonchev–Trinajstić information content (AvgIpc) is 4.16. The number of carbonyl (C=O) groups is 1. The lowest BCUT2D eigenvalue weighted by Gasteiger charge is -2.47. The summed E-state index contributed by atoms with van der Waals surface area (Å²) in [5.74, 6) is 0.207. The highest BCUT2D eigenvalue weighted by Crippen LogP contribution is 2.46. The summed E-state index contributed by atoms with van der Waals surface area (Å²) in [6.07, 6.45) is 9.70. The molecular formula is C58H104O12Si3. The maximum Gasteiger partial charge on any atom is 0.192 e. The standard InChI is InChI=1S/C58H104O12Si3/c1-16-26-48-55(70-73(23-8,24-9)25-10)56(61-15)58-57(67-48)54-52(68-58)35-44(65-54)28-27-42-34-40(12)47(63-42)30-29-43-33-39(11)41(13)49(64-43)37-50-46(31-32-59)53(60-14)51(66-50)36-45(69-72(20-5,21-6)22-7)38-62-71(17-2,18-3)19-4/h16,32,39,42-58H,1,12-13,17-31,33-38H2,2-11,14-15H3/t39?,42?,43?,44?,45?,46?,47?,48?,49?,50?,51?,52-,53-,54?,55?,56?,57+,58?/m1/s1. The van der Waals surface area contributed by atoms with Crippen LogP contribution in [0.1, 0.15) is 140 Å². The highest BCUT2D eigenvalue weighted by atomic mass is 28.4. The fraction of sp³-hybridized carbons (Fsp3) is 0.879. The van der Waals surface area contributed by atoms with E-state index in [1.165, 1.54) is 5.57 Å². The van der Waals surface area contributed by atoms with Crippen molar-refractivity contribution in [1.29, 1.82) is 0 Å². The van der Waals surface area contributed by atoms with Gasteiger partial charge >= 0.3 is 0 Å². The Morgan fingerprint density at radius 2 is 1.22 bits per heavy atom. The molecule has 0 saturated carbocycles. The molecule has 0 N–H and O–H groups in total. The van der Waals surface area contributed by atoms with Crippen LogP contribution in [-0.2, 0) is 56.0 Å². The van der Waals surface area contributed by atoms with Gasteiger partial charge in [-0.1, -0.05) is 88.5 Å². The third kappa shape index (κ3) is 14.3. The molecule has 6 aliphatic heterocycles. The maximum atomic E-state index is 12.3. The van der Waals surface area contributed by atoms with Gasteiger partial charge in [-0.05, 0) is 116 Å². The summed E-state index contributed by atoms with van der Waals surface area (Å²) in [7, 11) is -2.21. The van der Waals surface area contributed by atoms with Crippen molar-refractivity contribution in [3.05, 3.63) is 37.0 Å². The molecule has 15 unspecified atom stereocenters. The van der Waals surface area contributed by atoms with Crippen molar-refractivity contribution in [1.82, 2.24) is 0 Å². The lowest BCUT2D eigenvalue weighted by Crippen LogP contribution is -2.62. The number of rotatable bonds is 32. The van der Waals surface area contributed by atoms with Crippen molar-refractivity contribution in [2.45, 2.75) is 292 Å². The van der Waals surface area contributed by atoms with Crippen LogP contribution >= 0.6 is 0 Å². The van der Waals surface area contributed by atoms with Crippen molar-refractivity contribution in [2.75, 3.05) is 20.8 Å². The van der Waals surface area contributed by atoms with Crippen LogP contribution in [0, 0.1) is 11.8 Å². The Labute approximate surface area is 446 Å². The van der Waals surface area contributed by atoms with E-state index in [0.29, 0.717) is 38.2 Å². The number of hydrogen-bond acceptors (Lipinski definition) is 12. The molecule has 0 bridgehead atoms. The van der Waals surface area contributed by atoms with E-state index in [1.807, 2.05) is 6.08 Å². The summed E-state index contributed by atoms with van der Waals surface area (Å²) in [6.45, 7) is 36.5. The molecule has 12 nitrogen and oxygen atoms in total. The van der Waals surface area contributed by atoms with Gasteiger partial charge in [0.25, 0.3) is 0 Å². The Kier molecular flexibility index (Phi) is 23.8. The first-order valence-corrected chi connectivity index (χ1v) is 37.1. The van der Waals surface area contributed by atoms with Gasteiger partial charge in [-0.25, -0.2) is 0 Å². The second-order valence-corrected chi connectivity index (χ2v) is 37.2. The van der Waals surface area contributed by atoms with Gasteiger partial charge in [0.2, 0.25) is 0 Å². The Balaban J connectivity index is 1.01. The maximum absolute atomic E-state index is 12.3. The van der Waals surface area contributed by atoms with E-state index in [1.54, 1.807) is 14.2 Å². The third-order valence-corrected chi connectivity index (χ3v) is 33.4. The minimum absolute atomic E-state index is 0.00109. The molecule has 6 fully saturated rings. The number of fused-ring (bicyclic) bond motifs is 3. The number of aldehydes is 1. The quantitative estimate of drug-likeness (QED) is 0.0362. The average molecular weight is 1080 g/mol. The van der Waals surface area contributed by atoms with E-state index >= 15 is 0 Å². The molecule has 0 aromatic carbocycles. The minimum atomic E-state index is -1.97. The fourth-order valence-corrected chi connectivity index (χ4v) is 22.3. The van der Waals surface area contributed by atoms with Crippen molar-refractivity contribution < 1.29 is 56.0 Å². The molecule has 73 heavy (non-hydrogen) atoms. The normalized spacial score (nSPS) is 36.4.